The van der Waals surface area contributed by atoms with E-state index < -0.39 is 6.04 Å². The number of benzene rings is 1. The van der Waals surface area contributed by atoms with Gasteiger partial charge in [-0.3, -0.25) is 4.79 Å². The van der Waals surface area contributed by atoms with Crippen LogP contribution in [0, 0.1) is 5.92 Å². The van der Waals surface area contributed by atoms with Gasteiger partial charge < -0.3 is 15.5 Å². The van der Waals surface area contributed by atoms with Gasteiger partial charge in [-0.15, -0.1) is 0 Å². The second-order valence-corrected chi connectivity index (χ2v) is 5.55. The summed E-state index contributed by atoms with van der Waals surface area (Å²) in [6, 6.07) is 5.62. The molecule has 1 aromatic rings. The van der Waals surface area contributed by atoms with E-state index in [-0.39, 0.29) is 5.91 Å². The number of carbonyl (C=O) groups excluding carboxylic acids is 1. The number of fused-ring (bicyclic) bond motifs is 1. The molecule has 0 fully saturated rings. The second-order valence-electron chi connectivity index (χ2n) is 5.55. The van der Waals surface area contributed by atoms with Gasteiger partial charge in [0.05, 0.1) is 5.69 Å². The van der Waals surface area contributed by atoms with Gasteiger partial charge in [0.25, 0.3) is 0 Å². The van der Waals surface area contributed by atoms with Crippen LogP contribution < -0.4 is 15.5 Å². The Morgan fingerprint density at radius 1 is 1.42 bits per heavy atom. The second kappa shape index (κ2) is 5.21. The number of amides is 1. The first-order valence-electron chi connectivity index (χ1n) is 6.87. The summed E-state index contributed by atoms with van der Waals surface area (Å²) in [7, 11) is 1.79. The van der Waals surface area contributed by atoms with Crippen molar-refractivity contribution in [3.05, 3.63) is 23.8 Å². The van der Waals surface area contributed by atoms with Gasteiger partial charge >= 0.3 is 0 Å². The van der Waals surface area contributed by atoms with Gasteiger partial charge in [0.15, 0.2) is 0 Å². The zero-order valence-corrected chi connectivity index (χ0v) is 12.2. The summed E-state index contributed by atoms with van der Waals surface area (Å²) in [5.74, 6) is 0.578. The van der Waals surface area contributed by atoms with Crippen molar-refractivity contribution in [3.63, 3.8) is 0 Å². The maximum Gasteiger partial charge on any atom is 0.248 e. The first-order valence-corrected chi connectivity index (χ1v) is 6.87. The summed E-state index contributed by atoms with van der Waals surface area (Å²) in [5.41, 5.74) is 8.94. The molecule has 1 aliphatic heterocycles. The quantitative estimate of drug-likeness (QED) is 0.903. The predicted molar refractivity (Wildman–Crippen MR) is 79.5 cm³/mol. The van der Waals surface area contributed by atoms with E-state index in [1.807, 2.05) is 6.07 Å². The van der Waals surface area contributed by atoms with Crippen molar-refractivity contribution in [3.8, 4) is 0 Å². The van der Waals surface area contributed by atoms with Crippen LogP contribution in [0.1, 0.15) is 32.4 Å². The fourth-order valence-corrected chi connectivity index (χ4v) is 2.60. The largest absolute Gasteiger partial charge is 0.371 e. The van der Waals surface area contributed by atoms with Gasteiger partial charge in [-0.05, 0) is 25.0 Å². The zero-order chi connectivity index (χ0) is 14.2. The molecule has 1 aromatic carbocycles. The Balaban J connectivity index is 2.34. The van der Waals surface area contributed by atoms with E-state index in [9.17, 15) is 4.79 Å². The molecular weight excluding hydrogens is 238 g/mol. The minimum absolute atomic E-state index is 0.0286. The minimum atomic E-state index is -0.505. The molecule has 19 heavy (non-hydrogen) atoms. The van der Waals surface area contributed by atoms with Crippen molar-refractivity contribution in [1.82, 2.24) is 0 Å². The lowest BCUT2D eigenvalue weighted by molar-refractivity contribution is -0.118. The van der Waals surface area contributed by atoms with E-state index >= 15 is 0 Å². The molecule has 0 aliphatic carbocycles. The molecule has 1 unspecified atom stereocenters. The highest BCUT2D eigenvalue weighted by Gasteiger charge is 2.32. The van der Waals surface area contributed by atoms with E-state index in [0.717, 1.165) is 30.0 Å². The van der Waals surface area contributed by atoms with Crippen LogP contribution in [0.25, 0.3) is 0 Å². The lowest BCUT2D eigenvalue weighted by Crippen LogP contribution is -2.28. The molecule has 0 saturated carbocycles. The highest BCUT2D eigenvalue weighted by molar-refractivity contribution is 6.04. The lowest BCUT2D eigenvalue weighted by atomic mass is 10.1. The van der Waals surface area contributed by atoms with E-state index in [0.29, 0.717) is 5.92 Å². The predicted octanol–water partition coefficient (Wildman–Crippen LogP) is 2.15. The molecule has 4 heteroatoms. The van der Waals surface area contributed by atoms with Crippen LogP contribution in [0.5, 0.6) is 0 Å². The van der Waals surface area contributed by atoms with Crippen molar-refractivity contribution in [2.45, 2.75) is 26.8 Å². The van der Waals surface area contributed by atoms with Crippen LogP contribution in [0.3, 0.4) is 0 Å². The standard InChI is InChI=1S/C15H23N3O/c1-5-18(9-10(2)3)11-6-7-12-13(8-11)17(4)15(19)14(12)16/h6-8,10,14H,5,9,16H2,1-4H3. The monoisotopic (exact) mass is 261 g/mol. The first-order chi connectivity index (χ1) is 8.95. The topological polar surface area (TPSA) is 49.6 Å². The molecule has 4 nitrogen and oxygen atoms in total. The Morgan fingerprint density at radius 3 is 2.68 bits per heavy atom. The van der Waals surface area contributed by atoms with Crippen LogP contribution in [-0.4, -0.2) is 26.0 Å². The molecule has 1 amide bonds. The zero-order valence-electron chi connectivity index (χ0n) is 12.2. The summed E-state index contributed by atoms with van der Waals surface area (Å²) in [5, 5.41) is 0. The van der Waals surface area contributed by atoms with Crippen LogP contribution in [0.15, 0.2) is 18.2 Å². The third-order valence-corrected chi connectivity index (χ3v) is 3.64. The molecule has 1 atom stereocenters. The molecule has 1 aliphatic rings. The number of hydrogen-bond donors (Lipinski definition) is 1. The van der Waals surface area contributed by atoms with Crippen LogP contribution in [0.2, 0.25) is 0 Å². The van der Waals surface area contributed by atoms with E-state index in [4.69, 9.17) is 5.73 Å². The Bertz CT molecular complexity index is 484. The lowest BCUT2D eigenvalue weighted by Gasteiger charge is -2.26. The van der Waals surface area contributed by atoms with Gasteiger partial charge in [-0.2, -0.15) is 0 Å². The molecular formula is C15H23N3O. The molecule has 0 spiro atoms. The highest BCUT2D eigenvalue weighted by Crippen LogP contribution is 2.36. The third-order valence-electron chi connectivity index (χ3n) is 3.64. The molecule has 2 rings (SSSR count). The average molecular weight is 261 g/mol. The summed E-state index contributed by atoms with van der Waals surface area (Å²) >= 11 is 0. The van der Waals surface area contributed by atoms with E-state index in [2.05, 4.69) is 37.8 Å². The number of anilines is 2. The minimum Gasteiger partial charge on any atom is -0.371 e. The number of carbonyl (C=O) groups is 1. The van der Waals surface area contributed by atoms with Gasteiger partial charge in [0, 0.05) is 31.4 Å². The molecule has 0 aromatic heterocycles. The Morgan fingerprint density at radius 2 is 2.11 bits per heavy atom. The molecule has 0 bridgehead atoms. The number of nitrogens with two attached hydrogens (primary N) is 1. The normalized spacial score (nSPS) is 18.1. The van der Waals surface area contributed by atoms with Crippen LogP contribution >= 0.6 is 0 Å². The number of hydrogen-bond acceptors (Lipinski definition) is 3. The highest BCUT2D eigenvalue weighted by atomic mass is 16.2. The molecule has 0 saturated heterocycles. The summed E-state index contributed by atoms with van der Waals surface area (Å²) in [6.07, 6.45) is 0. The van der Waals surface area contributed by atoms with Gasteiger partial charge in [0.1, 0.15) is 6.04 Å². The van der Waals surface area contributed by atoms with Crippen LogP contribution in [-0.2, 0) is 4.79 Å². The van der Waals surface area contributed by atoms with E-state index in [1.54, 1.807) is 11.9 Å². The van der Waals surface area contributed by atoms with Crippen molar-refractivity contribution in [2.24, 2.45) is 11.7 Å². The third kappa shape index (κ3) is 2.45. The average Bonchev–Trinajstić information content (AvgIpc) is 2.60. The fourth-order valence-electron chi connectivity index (χ4n) is 2.60. The molecule has 0 radical (unpaired) electrons. The summed E-state index contributed by atoms with van der Waals surface area (Å²) < 4.78 is 0. The maximum absolute atomic E-state index is 11.9. The number of nitrogens with zero attached hydrogens (tertiary/aromatic N) is 2. The van der Waals surface area contributed by atoms with Crippen LogP contribution in [0.4, 0.5) is 11.4 Å². The summed E-state index contributed by atoms with van der Waals surface area (Å²) in [6.45, 7) is 8.54. The van der Waals surface area contributed by atoms with Crippen molar-refractivity contribution in [1.29, 1.82) is 0 Å². The van der Waals surface area contributed by atoms with Gasteiger partial charge in [-0.25, -0.2) is 0 Å². The number of rotatable bonds is 4. The smallest absolute Gasteiger partial charge is 0.248 e. The summed E-state index contributed by atoms with van der Waals surface area (Å²) in [4.78, 5) is 15.9. The molecule has 104 valence electrons. The Hall–Kier alpha value is -1.55. The first kappa shape index (κ1) is 13.9. The van der Waals surface area contributed by atoms with Crippen molar-refractivity contribution in [2.75, 3.05) is 29.9 Å². The Kier molecular flexibility index (Phi) is 3.80. The van der Waals surface area contributed by atoms with Gasteiger partial charge in [-0.1, -0.05) is 19.9 Å². The number of likely N-dealkylation sites (N-methyl/N-ethyl adjacent to an activating group) is 1. The van der Waals surface area contributed by atoms with Crippen molar-refractivity contribution < 1.29 is 4.79 Å². The van der Waals surface area contributed by atoms with Gasteiger partial charge in [0.2, 0.25) is 5.91 Å². The maximum atomic E-state index is 11.9. The fraction of sp³-hybridized carbons (Fsp3) is 0.533. The Labute approximate surface area is 115 Å². The van der Waals surface area contributed by atoms with E-state index in [1.165, 1.54) is 0 Å². The molecule has 2 N–H and O–H groups in total. The SMILES string of the molecule is CCN(CC(C)C)c1ccc2c(c1)N(C)C(=O)C2N. The van der Waals surface area contributed by atoms with Crippen molar-refractivity contribution >= 4 is 17.3 Å². The molecule has 1 heterocycles.